The standard InChI is InChI=1S/C19H34N2O5/c1-3-4-9-12-19(2,26)13-14-21-15(17(24)20-18(21)25)10-7-5-6-8-11-16(22)23/h24,26H,3-14H2,1-2H3,(H,20,25)(H,22,23). The first kappa shape index (κ1) is 22.3. The van der Waals surface area contributed by atoms with Crippen molar-refractivity contribution in [2.45, 2.75) is 96.6 Å². The number of nitrogens with one attached hydrogen (secondary N) is 1. The monoisotopic (exact) mass is 370 g/mol. The van der Waals surface area contributed by atoms with Gasteiger partial charge in [0.25, 0.3) is 0 Å². The molecule has 0 spiro atoms. The Labute approximate surface area is 155 Å². The summed E-state index contributed by atoms with van der Waals surface area (Å²) in [4.78, 5) is 25.0. The Morgan fingerprint density at radius 3 is 2.46 bits per heavy atom. The SMILES string of the molecule is CCCCCC(C)(O)CCn1c(CCCCCCC(=O)O)c(O)[nH]c1=O. The average molecular weight is 370 g/mol. The van der Waals surface area contributed by atoms with Crippen LogP contribution < -0.4 is 5.69 Å². The summed E-state index contributed by atoms with van der Waals surface area (Å²) in [7, 11) is 0. The number of carboxylic acids is 1. The molecule has 4 N–H and O–H groups in total. The van der Waals surface area contributed by atoms with Gasteiger partial charge in [0.05, 0.1) is 11.3 Å². The number of nitrogens with zero attached hydrogens (tertiary/aromatic N) is 1. The van der Waals surface area contributed by atoms with E-state index in [0.717, 1.165) is 38.5 Å². The van der Waals surface area contributed by atoms with Gasteiger partial charge in [-0.2, -0.15) is 0 Å². The van der Waals surface area contributed by atoms with Gasteiger partial charge in [-0.15, -0.1) is 0 Å². The number of imidazole rings is 1. The topological polar surface area (TPSA) is 116 Å². The number of aliphatic carboxylic acids is 1. The molecule has 0 aliphatic rings. The molecule has 1 aromatic heterocycles. The fraction of sp³-hybridized carbons (Fsp3) is 0.789. The van der Waals surface area contributed by atoms with Crippen LogP contribution in [-0.4, -0.2) is 36.4 Å². The highest BCUT2D eigenvalue weighted by molar-refractivity contribution is 5.66. The molecule has 0 saturated carbocycles. The third-order valence-electron chi connectivity index (χ3n) is 4.82. The molecule has 0 aliphatic heterocycles. The van der Waals surface area contributed by atoms with Crippen LogP contribution >= 0.6 is 0 Å². The zero-order valence-electron chi connectivity index (χ0n) is 16.1. The first-order valence-corrected chi connectivity index (χ1v) is 9.71. The van der Waals surface area contributed by atoms with E-state index >= 15 is 0 Å². The molecule has 7 heteroatoms. The second kappa shape index (κ2) is 11.1. The van der Waals surface area contributed by atoms with Crippen LogP contribution in [0.4, 0.5) is 0 Å². The van der Waals surface area contributed by atoms with Crippen molar-refractivity contribution in [3.8, 4) is 5.88 Å². The summed E-state index contributed by atoms with van der Waals surface area (Å²) in [5.41, 5.74) is -0.611. The Balaban J connectivity index is 2.53. The quantitative estimate of drug-likeness (QED) is 0.375. The summed E-state index contributed by atoms with van der Waals surface area (Å²) in [6, 6.07) is 0. The van der Waals surface area contributed by atoms with Gasteiger partial charge in [-0.25, -0.2) is 4.79 Å². The van der Waals surface area contributed by atoms with Crippen molar-refractivity contribution in [3.05, 3.63) is 16.2 Å². The Morgan fingerprint density at radius 2 is 1.81 bits per heavy atom. The number of aromatic amines is 1. The van der Waals surface area contributed by atoms with Crippen molar-refractivity contribution < 1.29 is 20.1 Å². The van der Waals surface area contributed by atoms with Crippen LogP contribution in [0.25, 0.3) is 0 Å². The van der Waals surface area contributed by atoms with Crippen LogP contribution in [0.5, 0.6) is 5.88 Å². The molecule has 0 radical (unpaired) electrons. The minimum Gasteiger partial charge on any atom is -0.493 e. The van der Waals surface area contributed by atoms with Gasteiger partial charge >= 0.3 is 11.7 Å². The lowest BCUT2D eigenvalue weighted by atomic mass is 9.95. The molecule has 0 amide bonds. The molecule has 1 rings (SSSR count). The van der Waals surface area contributed by atoms with E-state index in [-0.39, 0.29) is 18.0 Å². The third-order valence-corrected chi connectivity index (χ3v) is 4.82. The molecule has 0 saturated heterocycles. The molecule has 0 fully saturated rings. The normalized spacial score (nSPS) is 13.7. The highest BCUT2D eigenvalue weighted by atomic mass is 16.4. The fourth-order valence-electron chi connectivity index (χ4n) is 3.14. The summed E-state index contributed by atoms with van der Waals surface area (Å²) < 4.78 is 1.51. The summed E-state index contributed by atoms with van der Waals surface area (Å²) in [6.45, 7) is 4.27. The van der Waals surface area contributed by atoms with Crippen LogP contribution in [0.2, 0.25) is 0 Å². The fourth-order valence-corrected chi connectivity index (χ4v) is 3.14. The number of unbranched alkanes of at least 4 members (excludes halogenated alkanes) is 5. The third kappa shape index (κ3) is 8.08. The molecule has 1 heterocycles. The minimum atomic E-state index is -0.824. The summed E-state index contributed by atoms with van der Waals surface area (Å²) in [5, 5.41) is 29.1. The minimum absolute atomic E-state index is 0.105. The number of aliphatic hydroxyl groups is 1. The molecule has 150 valence electrons. The molecule has 0 aliphatic carbocycles. The lowest BCUT2D eigenvalue weighted by molar-refractivity contribution is -0.137. The van der Waals surface area contributed by atoms with Gasteiger partial charge in [-0.1, -0.05) is 39.0 Å². The number of hydrogen-bond donors (Lipinski definition) is 4. The van der Waals surface area contributed by atoms with Crippen molar-refractivity contribution in [2.75, 3.05) is 0 Å². The molecule has 1 atom stereocenters. The van der Waals surface area contributed by atoms with Crippen LogP contribution in [0, 0.1) is 0 Å². The molecular formula is C19H34N2O5. The van der Waals surface area contributed by atoms with Gasteiger partial charge in [0.1, 0.15) is 0 Å². The van der Waals surface area contributed by atoms with Gasteiger partial charge in [0.15, 0.2) is 0 Å². The van der Waals surface area contributed by atoms with E-state index in [1.54, 1.807) is 6.92 Å². The number of hydrogen-bond acceptors (Lipinski definition) is 4. The zero-order valence-corrected chi connectivity index (χ0v) is 16.1. The van der Waals surface area contributed by atoms with Gasteiger partial charge in [-0.3, -0.25) is 14.3 Å². The second-order valence-corrected chi connectivity index (χ2v) is 7.39. The highest BCUT2D eigenvalue weighted by Crippen LogP contribution is 2.22. The van der Waals surface area contributed by atoms with Crippen molar-refractivity contribution in [3.63, 3.8) is 0 Å². The first-order valence-electron chi connectivity index (χ1n) is 9.71. The van der Waals surface area contributed by atoms with E-state index in [4.69, 9.17) is 5.11 Å². The van der Waals surface area contributed by atoms with Gasteiger partial charge in [-0.05, 0) is 39.0 Å². The molecule has 26 heavy (non-hydrogen) atoms. The number of rotatable bonds is 14. The highest BCUT2D eigenvalue weighted by Gasteiger charge is 2.22. The predicted octanol–water partition coefficient (Wildman–Crippen LogP) is 3.18. The molecular weight excluding hydrogens is 336 g/mol. The van der Waals surface area contributed by atoms with Crippen LogP contribution in [0.1, 0.15) is 83.7 Å². The molecule has 7 nitrogen and oxygen atoms in total. The zero-order chi connectivity index (χ0) is 19.6. The smallest absolute Gasteiger partial charge is 0.328 e. The van der Waals surface area contributed by atoms with E-state index in [1.165, 1.54) is 4.57 Å². The van der Waals surface area contributed by atoms with Gasteiger partial charge in [0.2, 0.25) is 5.88 Å². The van der Waals surface area contributed by atoms with Crippen LogP contribution in [-0.2, 0) is 17.8 Å². The van der Waals surface area contributed by atoms with Gasteiger partial charge < -0.3 is 15.3 Å². The van der Waals surface area contributed by atoms with E-state index in [1.807, 2.05) is 0 Å². The van der Waals surface area contributed by atoms with Crippen LogP contribution in [0.3, 0.4) is 0 Å². The van der Waals surface area contributed by atoms with Crippen molar-refractivity contribution >= 4 is 5.97 Å². The van der Waals surface area contributed by atoms with Crippen molar-refractivity contribution in [2.24, 2.45) is 0 Å². The number of carboxylic acid groups (broad SMARTS) is 1. The van der Waals surface area contributed by atoms with E-state index in [9.17, 15) is 19.8 Å². The van der Waals surface area contributed by atoms with Crippen molar-refractivity contribution in [1.82, 2.24) is 9.55 Å². The van der Waals surface area contributed by atoms with Crippen molar-refractivity contribution in [1.29, 1.82) is 0 Å². The Morgan fingerprint density at radius 1 is 1.12 bits per heavy atom. The predicted molar refractivity (Wildman–Crippen MR) is 101 cm³/mol. The Kier molecular flexibility index (Phi) is 9.48. The number of H-pyrrole nitrogens is 1. The first-order chi connectivity index (χ1) is 12.3. The number of aromatic nitrogens is 2. The van der Waals surface area contributed by atoms with E-state index in [0.29, 0.717) is 37.9 Å². The maximum Gasteiger partial charge on any atom is 0.328 e. The van der Waals surface area contributed by atoms with Crippen LogP contribution in [0.15, 0.2) is 4.79 Å². The van der Waals surface area contributed by atoms with E-state index in [2.05, 4.69) is 11.9 Å². The molecule has 0 aromatic carbocycles. The largest absolute Gasteiger partial charge is 0.493 e. The number of aromatic hydroxyl groups is 1. The maximum absolute atomic E-state index is 12.0. The second-order valence-electron chi connectivity index (χ2n) is 7.39. The molecule has 1 aromatic rings. The lowest BCUT2D eigenvalue weighted by Gasteiger charge is -2.23. The number of carbonyl (C=O) groups is 1. The molecule has 0 bridgehead atoms. The summed E-state index contributed by atoms with van der Waals surface area (Å²) in [5.74, 6) is -0.890. The van der Waals surface area contributed by atoms with E-state index < -0.39 is 11.6 Å². The summed E-state index contributed by atoms with van der Waals surface area (Å²) >= 11 is 0. The maximum atomic E-state index is 12.0. The average Bonchev–Trinajstić information content (AvgIpc) is 2.82. The van der Waals surface area contributed by atoms with Gasteiger partial charge in [0, 0.05) is 13.0 Å². The summed E-state index contributed by atoms with van der Waals surface area (Å²) in [6.07, 6.45) is 8.09. The molecule has 1 unspecified atom stereocenters. The lowest BCUT2D eigenvalue weighted by Crippen LogP contribution is -2.29. The Bertz CT molecular complexity index is 604. The Hall–Kier alpha value is -1.76.